The van der Waals surface area contributed by atoms with Gasteiger partial charge in [-0.15, -0.1) is 10.2 Å². The number of carbonyl (C=O) groups is 3. The van der Waals surface area contributed by atoms with Crippen molar-refractivity contribution in [2.45, 2.75) is 82.5 Å². The molecule has 0 unspecified atom stereocenters. The van der Waals surface area contributed by atoms with Gasteiger partial charge in [-0.2, -0.15) is 0 Å². The van der Waals surface area contributed by atoms with E-state index in [4.69, 9.17) is 4.42 Å². The first kappa shape index (κ1) is 28.3. The molecule has 10 heteroatoms. The number of carbonyl (C=O) groups excluding carboxylic acids is 3. The molecule has 0 radical (unpaired) electrons. The van der Waals surface area contributed by atoms with E-state index in [9.17, 15) is 14.4 Å². The lowest BCUT2D eigenvalue weighted by Crippen LogP contribution is -2.50. The van der Waals surface area contributed by atoms with Crippen LogP contribution in [0.25, 0.3) is 0 Å². The SMILES string of the molecule is CSc1nnc([C@H](CC(C)C)C(=O)NC(=O)[C@@H]2CCCC[C@@H]2NC(=O)c2cccc(CN3CCCC3)c2)o1. The summed E-state index contributed by atoms with van der Waals surface area (Å²) in [4.78, 5) is 42.1. The summed E-state index contributed by atoms with van der Waals surface area (Å²) in [7, 11) is 0. The van der Waals surface area contributed by atoms with Crippen LogP contribution in [0.4, 0.5) is 0 Å². The molecule has 2 heterocycles. The number of aromatic nitrogens is 2. The third-order valence-corrected chi connectivity index (χ3v) is 7.89. The van der Waals surface area contributed by atoms with Gasteiger partial charge in [0, 0.05) is 18.2 Å². The quantitative estimate of drug-likeness (QED) is 0.431. The van der Waals surface area contributed by atoms with E-state index in [1.165, 1.54) is 24.6 Å². The van der Waals surface area contributed by atoms with Gasteiger partial charge < -0.3 is 9.73 Å². The summed E-state index contributed by atoms with van der Waals surface area (Å²) in [5.41, 5.74) is 1.71. The van der Waals surface area contributed by atoms with Crippen LogP contribution in [0, 0.1) is 11.8 Å². The molecule has 38 heavy (non-hydrogen) atoms. The Hall–Kier alpha value is -2.72. The van der Waals surface area contributed by atoms with Crippen molar-refractivity contribution in [3.05, 3.63) is 41.3 Å². The van der Waals surface area contributed by atoms with Crippen molar-refractivity contribution in [3.8, 4) is 0 Å². The van der Waals surface area contributed by atoms with E-state index in [2.05, 4.69) is 31.8 Å². The minimum absolute atomic E-state index is 0.183. The number of hydrogen-bond donors (Lipinski definition) is 2. The third-order valence-electron chi connectivity index (χ3n) is 7.38. The van der Waals surface area contributed by atoms with Gasteiger partial charge in [0.2, 0.25) is 17.7 Å². The standard InChI is InChI=1S/C28H39N5O4S/c1-18(2)15-22(27-31-32-28(37-27)38-3)26(36)30-25(35)21-11-4-5-12-23(21)29-24(34)20-10-8-9-19(16-20)17-33-13-6-7-14-33/h8-10,16,18,21-23H,4-7,11-15,17H2,1-3H3,(H,29,34)(H,30,35,36)/t21-,22-,23+/m1/s1. The van der Waals surface area contributed by atoms with Crippen molar-refractivity contribution < 1.29 is 18.8 Å². The van der Waals surface area contributed by atoms with E-state index in [0.717, 1.165) is 38.0 Å². The Morgan fingerprint density at radius 1 is 1.11 bits per heavy atom. The third kappa shape index (κ3) is 7.44. The van der Waals surface area contributed by atoms with Crippen molar-refractivity contribution in [2.24, 2.45) is 11.8 Å². The topological polar surface area (TPSA) is 117 Å². The van der Waals surface area contributed by atoms with E-state index in [0.29, 0.717) is 30.0 Å². The van der Waals surface area contributed by atoms with Crippen LogP contribution in [0.3, 0.4) is 0 Å². The van der Waals surface area contributed by atoms with Crippen molar-refractivity contribution in [2.75, 3.05) is 19.3 Å². The fourth-order valence-corrected chi connectivity index (χ4v) is 5.71. The van der Waals surface area contributed by atoms with Crippen molar-refractivity contribution in [3.63, 3.8) is 0 Å². The van der Waals surface area contributed by atoms with E-state index < -0.39 is 17.7 Å². The molecular weight excluding hydrogens is 502 g/mol. The molecule has 1 saturated heterocycles. The van der Waals surface area contributed by atoms with Crippen molar-refractivity contribution >= 4 is 29.5 Å². The van der Waals surface area contributed by atoms with E-state index >= 15 is 0 Å². The number of amides is 3. The Morgan fingerprint density at radius 3 is 2.58 bits per heavy atom. The number of rotatable bonds is 10. The molecule has 1 aliphatic heterocycles. The van der Waals surface area contributed by atoms with Gasteiger partial charge in [-0.25, -0.2) is 0 Å². The molecule has 2 aromatic rings. The highest BCUT2D eigenvalue weighted by molar-refractivity contribution is 7.98. The Balaban J connectivity index is 1.40. The Labute approximate surface area is 228 Å². The van der Waals surface area contributed by atoms with Crippen molar-refractivity contribution in [1.82, 2.24) is 25.7 Å². The number of imide groups is 1. The van der Waals surface area contributed by atoms with Crippen LogP contribution in [0.15, 0.2) is 33.9 Å². The van der Waals surface area contributed by atoms with E-state index in [1.54, 1.807) is 0 Å². The lowest BCUT2D eigenvalue weighted by atomic mass is 9.83. The smallest absolute Gasteiger partial charge is 0.276 e. The first-order valence-electron chi connectivity index (χ1n) is 13.7. The first-order valence-corrected chi connectivity index (χ1v) is 14.9. The molecule has 3 atom stereocenters. The minimum atomic E-state index is -0.706. The Morgan fingerprint density at radius 2 is 1.87 bits per heavy atom. The van der Waals surface area contributed by atoms with Gasteiger partial charge in [-0.05, 0) is 75.1 Å². The zero-order valence-corrected chi connectivity index (χ0v) is 23.4. The Kier molecular flexibility index (Phi) is 9.96. The van der Waals surface area contributed by atoms with Gasteiger partial charge in [0.25, 0.3) is 11.1 Å². The summed E-state index contributed by atoms with van der Waals surface area (Å²) in [5, 5.41) is 14.1. The monoisotopic (exact) mass is 541 g/mol. The van der Waals surface area contributed by atoms with Gasteiger partial charge in [0.1, 0.15) is 5.92 Å². The molecule has 2 aliphatic rings. The van der Waals surface area contributed by atoms with E-state index in [-0.39, 0.29) is 29.7 Å². The van der Waals surface area contributed by atoms with Crippen LogP contribution in [0.2, 0.25) is 0 Å². The summed E-state index contributed by atoms with van der Waals surface area (Å²) >= 11 is 1.31. The molecule has 2 N–H and O–H groups in total. The highest BCUT2D eigenvalue weighted by Gasteiger charge is 2.35. The lowest BCUT2D eigenvalue weighted by Gasteiger charge is -2.31. The highest BCUT2D eigenvalue weighted by Crippen LogP contribution is 2.28. The van der Waals surface area contributed by atoms with Crippen LogP contribution in [0.1, 0.15) is 86.5 Å². The van der Waals surface area contributed by atoms with Crippen LogP contribution in [0.5, 0.6) is 0 Å². The van der Waals surface area contributed by atoms with Gasteiger partial charge in [0.05, 0.1) is 5.92 Å². The maximum atomic E-state index is 13.3. The summed E-state index contributed by atoms with van der Waals surface area (Å²) in [5.74, 6) is -1.76. The predicted molar refractivity (Wildman–Crippen MR) is 146 cm³/mol. The van der Waals surface area contributed by atoms with Crippen LogP contribution >= 0.6 is 11.8 Å². The molecule has 0 spiro atoms. The number of hydrogen-bond acceptors (Lipinski definition) is 8. The first-order chi connectivity index (χ1) is 18.3. The number of thioether (sulfide) groups is 1. The molecule has 4 rings (SSSR count). The second-order valence-corrected chi connectivity index (χ2v) is 11.6. The molecule has 1 aromatic carbocycles. The fourth-order valence-electron chi connectivity index (χ4n) is 5.42. The predicted octanol–water partition coefficient (Wildman–Crippen LogP) is 4.15. The number of nitrogens with zero attached hydrogens (tertiary/aromatic N) is 3. The molecule has 0 bridgehead atoms. The molecule has 1 aliphatic carbocycles. The average Bonchev–Trinajstić information content (AvgIpc) is 3.60. The summed E-state index contributed by atoms with van der Waals surface area (Å²) in [6, 6.07) is 7.39. The molecule has 206 valence electrons. The van der Waals surface area contributed by atoms with Crippen LogP contribution in [-0.2, 0) is 16.1 Å². The zero-order chi connectivity index (χ0) is 27.1. The second kappa shape index (κ2) is 13.4. The maximum absolute atomic E-state index is 13.3. The van der Waals surface area contributed by atoms with Gasteiger partial charge >= 0.3 is 0 Å². The fraction of sp³-hybridized carbons (Fsp3) is 0.607. The van der Waals surface area contributed by atoms with Gasteiger partial charge in [-0.1, -0.05) is 50.6 Å². The highest BCUT2D eigenvalue weighted by atomic mass is 32.2. The maximum Gasteiger partial charge on any atom is 0.276 e. The minimum Gasteiger partial charge on any atom is -0.415 e. The molecule has 1 aromatic heterocycles. The molecule has 2 fully saturated rings. The van der Waals surface area contributed by atoms with Crippen molar-refractivity contribution in [1.29, 1.82) is 0 Å². The molecular formula is C28H39N5O4S. The normalized spacial score (nSPS) is 20.8. The van der Waals surface area contributed by atoms with Gasteiger partial charge in [0.15, 0.2) is 0 Å². The average molecular weight is 542 g/mol. The number of nitrogens with one attached hydrogen (secondary N) is 2. The molecule has 9 nitrogen and oxygen atoms in total. The zero-order valence-electron chi connectivity index (χ0n) is 22.6. The van der Waals surface area contributed by atoms with E-state index in [1.807, 2.05) is 38.3 Å². The molecule has 1 saturated carbocycles. The Bertz CT molecular complexity index is 1110. The number of benzene rings is 1. The summed E-state index contributed by atoms with van der Waals surface area (Å²) in [6.07, 6.45) is 7.85. The second-order valence-electron chi connectivity index (χ2n) is 10.8. The summed E-state index contributed by atoms with van der Waals surface area (Å²) < 4.78 is 5.63. The summed E-state index contributed by atoms with van der Waals surface area (Å²) in [6.45, 7) is 7.03. The lowest BCUT2D eigenvalue weighted by molar-refractivity contribution is -0.135. The van der Waals surface area contributed by atoms with Crippen LogP contribution < -0.4 is 10.6 Å². The van der Waals surface area contributed by atoms with Gasteiger partial charge in [-0.3, -0.25) is 24.6 Å². The largest absolute Gasteiger partial charge is 0.415 e. The molecule has 3 amide bonds. The van der Waals surface area contributed by atoms with Crippen LogP contribution in [-0.4, -0.2) is 58.2 Å². The number of likely N-dealkylation sites (tertiary alicyclic amines) is 1.